The Morgan fingerprint density at radius 1 is 1.15 bits per heavy atom. The van der Waals surface area contributed by atoms with E-state index < -0.39 is 0 Å². The van der Waals surface area contributed by atoms with Gasteiger partial charge in [-0.15, -0.1) is 0 Å². The van der Waals surface area contributed by atoms with Crippen LogP contribution in [0.3, 0.4) is 0 Å². The average molecular weight is 362 g/mol. The fourth-order valence-corrected chi connectivity index (χ4v) is 3.81. The maximum Gasteiger partial charge on any atom is 0.213 e. The Hall–Kier alpha value is -2.82. The molecule has 1 aliphatic carbocycles. The van der Waals surface area contributed by atoms with E-state index in [1.807, 2.05) is 25.3 Å². The first kappa shape index (κ1) is 17.6. The summed E-state index contributed by atoms with van der Waals surface area (Å²) in [5.41, 5.74) is 6.68. The number of fused-ring (bicyclic) bond motifs is 1. The van der Waals surface area contributed by atoms with Gasteiger partial charge in [0.1, 0.15) is 0 Å². The summed E-state index contributed by atoms with van der Waals surface area (Å²) in [5, 5.41) is 0. The Morgan fingerprint density at radius 2 is 1.93 bits per heavy atom. The first-order valence-corrected chi connectivity index (χ1v) is 9.41. The third-order valence-corrected chi connectivity index (χ3v) is 5.60. The van der Waals surface area contributed by atoms with Crippen molar-refractivity contribution in [1.29, 1.82) is 0 Å². The van der Waals surface area contributed by atoms with Crippen molar-refractivity contribution in [2.24, 2.45) is 5.92 Å². The molecule has 3 aromatic rings. The van der Waals surface area contributed by atoms with E-state index in [4.69, 9.17) is 0 Å². The van der Waals surface area contributed by atoms with E-state index in [0.29, 0.717) is 5.92 Å². The second-order valence-electron chi connectivity index (χ2n) is 7.87. The van der Waals surface area contributed by atoms with Crippen LogP contribution in [0, 0.1) is 5.92 Å². The van der Waals surface area contributed by atoms with Gasteiger partial charge in [-0.05, 0) is 53.6 Å². The molecular formula is C22H26N4O. The standard InChI is InChI=1S/C22H26N4O/c1-15-9-18(15)17-6-8-20-19(11-17)23-13-26(20)12-16-5-7-21(24(2)3)22(10-16)25(4)14-27/h5-8,10-11,13-15,18H,9,12H2,1-4H3. The number of hydrogen-bond donors (Lipinski definition) is 0. The number of rotatable bonds is 6. The third-order valence-electron chi connectivity index (χ3n) is 5.60. The number of aromatic nitrogens is 2. The number of benzene rings is 2. The number of hydrogen-bond acceptors (Lipinski definition) is 3. The molecule has 5 heteroatoms. The summed E-state index contributed by atoms with van der Waals surface area (Å²) in [6, 6.07) is 12.9. The zero-order valence-corrected chi connectivity index (χ0v) is 16.4. The van der Waals surface area contributed by atoms with Crippen LogP contribution in [0.15, 0.2) is 42.7 Å². The van der Waals surface area contributed by atoms with Crippen molar-refractivity contribution >= 4 is 28.8 Å². The van der Waals surface area contributed by atoms with Gasteiger partial charge in [-0.2, -0.15) is 0 Å². The summed E-state index contributed by atoms with van der Waals surface area (Å²) in [6.45, 7) is 3.03. The van der Waals surface area contributed by atoms with Gasteiger partial charge in [0, 0.05) is 27.7 Å². The molecule has 1 aliphatic rings. The summed E-state index contributed by atoms with van der Waals surface area (Å²) in [5.74, 6) is 1.51. The quantitative estimate of drug-likeness (QED) is 0.625. The van der Waals surface area contributed by atoms with E-state index in [0.717, 1.165) is 46.8 Å². The molecule has 2 aromatic carbocycles. The first-order valence-electron chi connectivity index (χ1n) is 9.41. The average Bonchev–Trinajstić information content (AvgIpc) is 3.27. The van der Waals surface area contributed by atoms with E-state index >= 15 is 0 Å². The predicted molar refractivity (Wildman–Crippen MR) is 111 cm³/mol. The van der Waals surface area contributed by atoms with E-state index in [-0.39, 0.29) is 0 Å². The molecule has 2 atom stereocenters. The molecule has 0 spiro atoms. The lowest BCUT2D eigenvalue weighted by atomic mass is 10.1. The van der Waals surface area contributed by atoms with Crippen molar-refractivity contribution in [3.05, 3.63) is 53.9 Å². The maximum absolute atomic E-state index is 11.3. The number of carbonyl (C=O) groups excluding carboxylic acids is 1. The van der Waals surface area contributed by atoms with Gasteiger partial charge in [-0.1, -0.05) is 19.1 Å². The number of amides is 1. The Kier molecular flexibility index (Phi) is 4.38. The zero-order valence-electron chi connectivity index (χ0n) is 16.4. The van der Waals surface area contributed by atoms with Crippen LogP contribution in [-0.2, 0) is 11.3 Å². The number of anilines is 2. The predicted octanol–water partition coefficient (Wildman–Crippen LogP) is 3.87. The van der Waals surface area contributed by atoms with Crippen LogP contribution in [0.1, 0.15) is 30.4 Å². The van der Waals surface area contributed by atoms with E-state index in [2.05, 4.69) is 52.9 Å². The Labute approximate surface area is 160 Å². The molecule has 0 N–H and O–H groups in total. The van der Waals surface area contributed by atoms with Crippen LogP contribution in [0.25, 0.3) is 11.0 Å². The first-order chi connectivity index (χ1) is 13.0. The maximum atomic E-state index is 11.3. The topological polar surface area (TPSA) is 41.4 Å². The molecule has 2 unspecified atom stereocenters. The molecular weight excluding hydrogens is 336 g/mol. The van der Waals surface area contributed by atoms with Crippen LogP contribution < -0.4 is 9.80 Å². The highest BCUT2D eigenvalue weighted by atomic mass is 16.1. The Balaban J connectivity index is 1.64. The van der Waals surface area contributed by atoms with Crippen LogP contribution in [0.2, 0.25) is 0 Å². The summed E-state index contributed by atoms with van der Waals surface area (Å²) < 4.78 is 2.17. The summed E-state index contributed by atoms with van der Waals surface area (Å²) in [6.07, 6.45) is 4.05. The lowest BCUT2D eigenvalue weighted by molar-refractivity contribution is -0.107. The van der Waals surface area contributed by atoms with Gasteiger partial charge in [0.25, 0.3) is 0 Å². The van der Waals surface area contributed by atoms with Gasteiger partial charge in [0.2, 0.25) is 6.41 Å². The molecule has 1 heterocycles. The third kappa shape index (κ3) is 3.29. The molecule has 1 fully saturated rings. The smallest absolute Gasteiger partial charge is 0.213 e. The zero-order chi connectivity index (χ0) is 19.1. The highest BCUT2D eigenvalue weighted by molar-refractivity contribution is 5.83. The molecule has 0 radical (unpaired) electrons. The highest BCUT2D eigenvalue weighted by Crippen LogP contribution is 2.47. The molecule has 5 nitrogen and oxygen atoms in total. The number of nitrogens with zero attached hydrogens (tertiary/aromatic N) is 4. The second-order valence-corrected chi connectivity index (χ2v) is 7.87. The van der Waals surface area contributed by atoms with Crippen molar-refractivity contribution in [1.82, 2.24) is 9.55 Å². The minimum atomic E-state index is 0.708. The number of carbonyl (C=O) groups is 1. The minimum Gasteiger partial charge on any atom is -0.376 e. The summed E-state index contributed by atoms with van der Waals surface area (Å²) in [7, 11) is 5.75. The van der Waals surface area contributed by atoms with Crippen LogP contribution in [-0.4, -0.2) is 37.1 Å². The Morgan fingerprint density at radius 3 is 2.59 bits per heavy atom. The van der Waals surface area contributed by atoms with E-state index in [9.17, 15) is 4.79 Å². The van der Waals surface area contributed by atoms with Gasteiger partial charge in [0.05, 0.1) is 28.7 Å². The molecule has 1 amide bonds. The lowest BCUT2D eigenvalue weighted by Crippen LogP contribution is -2.19. The highest BCUT2D eigenvalue weighted by Gasteiger charge is 2.34. The molecule has 0 bridgehead atoms. The van der Waals surface area contributed by atoms with Crippen LogP contribution >= 0.6 is 0 Å². The minimum absolute atomic E-state index is 0.708. The monoisotopic (exact) mass is 362 g/mol. The summed E-state index contributed by atoms with van der Waals surface area (Å²) in [4.78, 5) is 19.5. The normalized spacial score (nSPS) is 18.5. The second kappa shape index (κ2) is 6.72. The SMILES string of the molecule is CC1CC1c1ccc2c(c1)ncn2Cc1ccc(N(C)C)c(N(C)C=O)c1. The molecule has 0 saturated heterocycles. The van der Waals surface area contributed by atoms with Gasteiger partial charge < -0.3 is 14.4 Å². The van der Waals surface area contributed by atoms with Crippen LogP contribution in [0.5, 0.6) is 0 Å². The van der Waals surface area contributed by atoms with E-state index in [1.165, 1.54) is 12.0 Å². The molecule has 140 valence electrons. The van der Waals surface area contributed by atoms with Crippen molar-refractivity contribution in [2.75, 3.05) is 30.9 Å². The fourth-order valence-electron chi connectivity index (χ4n) is 3.81. The van der Waals surface area contributed by atoms with Crippen molar-refractivity contribution < 1.29 is 4.79 Å². The summed E-state index contributed by atoms with van der Waals surface area (Å²) >= 11 is 0. The van der Waals surface area contributed by atoms with E-state index in [1.54, 1.807) is 11.9 Å². The van der Waals surface area contributed by atoms with Gasteiger partial charge in [-0.3, -0.25) is 4.79 Å². The van der Waals surface area contributed by atoms with Gasteiger partial charge in [-0.25, -0.2) is 4.98 Å². The largest absolute Gasteiger partial charge is 0.376 e. The Bertz CT molecular complexity index is 991. The van der Waals surface area contributed by atoms with Crippen LogP contribution in [0.4, 0.5) is 11.4 Å². The molecule has 0 aliphatic heterocycles. The number of imidazole rings is 1. The lowest BCUT2D eigenvalue weighted by Gasteiger charge is -2.22. The van der Waals surface area contributed by atoms with Crippen molar-refractivity contribution in [2.45, 2.75) is 25.8 Å². The fraction of sp³-hybridized carbons (Fsp3) is 0.364. The van der Waals surface area contributed by atoms with Crippen molar-refractivity contribution in [3.8, 4) is 0 Å². The van der Waals surface area contributed by atoms with Crippen molar-refractivity contribution in [3.63, 3.8) is 0 Å². The molecule has 27 heavy (non-hydrogen) atoms. The molecule has 1 saturated carbocycles. The molecule has 1 aromatic heterocycles. The van der Waals surface area contributed by atoms with Gasteiger partial charge in [0.15, 0.2) is 0 Å². The molecule has 4 rings (SSSR count). The van der Waals surface area contributed by atoms with Gasteiger partial charge >= 0.3 is 0 Å².